The third kappa shape index (κ3) is 5.79. The van der Waals surface area contributed by atoms with Gasteiger partial charge < -0.3 is 16.0 Å². The van der Waals surface area contributed by atoms with Gasteiger partial charge in [0.25, 0.3) is 11.8 Å². The molecule has 27 heavy (non-hydrogen) atoms. The number of piperidine rings is 1. The number of anilines is 1. The summed E-state index contributed by atoms with van der Waals surface area (Å²) >= 11 is 1.36. The number of amides is 2. The Hall–Kier alpha value is -1.89. The molecule has 5 nitrogen and oxygen atoms in total. The number of thiophene rings is 1. The summed E-state index contributed by atoms with van der Waals surface area (Å²) in [6.45, 7) is 4.74. The lowest BCUT2D eigenvalue weighted by atomic mass is 10.00. The van der Waals surface area contributed by atoms with Gasteiger partial charge in [0, 0.05) is 12.1 Å². The molecule has 2 heterocycles. The van der Waals surface area contributed by atoms with Crippen LogP contribution in [0.4, 0.5) is 5.00 Å². The van der Waals surface area contributed by atoms with Crippen molar-refractivity contribution in [2.45, 2.75) is 26.2 Å². The van der Waals surface area contributed by atoms with Gasteiger partial charge in [0.1, 0.15) is 5.00 Å². The topological polar surface area (TPSA) is 70.2 Å². The molecule has 1 fully saturated rings. The molecule has 1 aromatic heterocycles. The Balaban J connectivity index is 0.00000261. The van der Waals surface area contributed by atoms with Gasteiger partial charge in [-0.05, 0) is 67.4 Å². The van der Waals surface area contributed by atoms with Crippen LogP contribution in [0.3, 0.4) is 0 Å². The van der Waals surface area contributed by atoms with Crippen molar-refractivity contribution in [2.75, 3.05) is 25.0 Å². The van der Waals surface area contributed by atoms with E-state index in [4.69, 9.17) is 0 Å². The fraction of sp³-hybridized carbons (Fsp3) is 0.400. The highest BCUT2D eigenvalue weighted by atomic mass is 35.5. The van der Waals surface area contributed by atoms with E-state index < -0.39 is 0 Å². The van der Waals surface area contributed by atoms with Gasteiger partial charge in [-0.1, -0.05) is 19.1 Å². The van der Waals surface area contributed by atoms with Gasteiger partial charge in [-0.3, -0.25) is 9.59 Å². The minimum Gasteiger partial charge on any atom is -0.352 e. The summed E-state index contributed by atoms with van der Waals surface area (Å²) in [4.78, 5) is 24.9. The van der Waals surface area contributed by atoms with Crippen LogP contribution in [-0.4, -0.2) is 31.4 Å². The van der Waals surface area contributed by atoms with E-state index in [9.17, 15) is 9.59 Å². The average Bonchev–Trinajstić information content (AvgIpc) is 3.15. The maximum absolute atomic E-state index is 12.5. The monoisotopic (exact) mass is 407 g/mol. The van der Waals surface area contributed by atoms with Gasteiger partial charge in [-0.25, -0.2) is 0 Å². The summed E-state index contributed by atoms with van der Waals surface area (Å²) in [6.07, 6.45) is 3.22. The fourth-order valence-electron chi connectivity index (χ4n) is 3.08. The van der Waals surface area contributed by atoms with Gasteiger partial charge in [0.05, 0.1) is 5.56 Å². The first-order valence-electron chi connectivity index (χ1n) is 9.14. The van der Waals surface area contributed by atoms with Crippen LogP contribution in [0.2, 0.25) is 0 Å². The van der Waals surface area contributed by atoms with Gasteiger partial charge >= 0.3 is 0 Å². The van der Waals surface area contributed by atoms with Gasteiger partial charge in [-0.2, -0.15) is 0 Å². The van der Waals surface area contributed by atoms with Crippen molar-refractivity contribution in [1.29, 1.82) is 0 Å². The van der Waals surface area contributed by atoms with Gasteiger partial charge in [0.2, 0.25) is 0 Å². The molecular weight excluding hydrogens is 382 g/mol. The molecule has 0 saturated carbocycles. The molecule has 1 unspecified atom stereocenters. The molecule has 7 heteroatoms. The van der Waals surface area contributed by atoms with Crippen LogP contribution >= 0.6 is 23.7 Å². The average molecular weight is 408 g/mol. The highest BCUT2D eigenvalue weighted by Gasteiger charge is 2.18. The van der Waals surface area contributed by atoms with Crippen molar-refractivity contribution < 1.29 is 9.59 Å². The van der Waals surface area contributed by atoms with Crippen molar-refractivity contribution in [3.05, 3.63) is 52.4 Å². The van der Waals surface area contributed by atoms with E-state index in [0.29, 0.717) is 28.6 Å². The van der Waals surface area contributed by atoms with E-state index >= 15 is 0 Å². The third-order valence-electron chi connectivity index (χ3n) is 4.71. The number of hydrogen-bond acceptors (Lipinski definition) is 4. The molecule has 1 saturated heterocycles. The SMILES string of the molecule is CCc1ccc(C(=O)Nc2sccc2C(=O)NCC2CCCNC2)cc1.Cl. The van der Waals surface area contributed by atoms with Crippen LogP contribution in [0.1, 0.15) is 46.0 Å². The normalized spacial score (nSPS) is 16.3. The molecule has 2 amide bonds. The number of carbonyl (C=O) groups excluding carboxylic acids is 2. The largest absolute Gasteiger partial charge is 0.352 e. The van der Waals surface area contributed by atoms with Crippen LogP contribution in [0.15, 0.2) is 35.7 Å². The minimum atomic E-state index is -0.194. The molecule has 0 bridgehead atoms. The number of rotatable bonds is 6. The first kappa shape index (κ1) is 21.4. The highest BCUT2D eigenvalue weighted by Crippen LogP contribution is 2.24. The molecule has 3 N–H and O–H groups in total. The second kappa shape index (κ2) is 10.4. The zero-order valence-electron chi connectivity index (χ0n) is 15.4. The van der Waals surface area contributed by atoms with Crippen LogP contribution in [-0.2, 0) is 6.42 Å². The van der Waals surface area contributed by atoms with Gasteiger partial charge in [0.15, 0.2) is 0 Å². The summed E-state index contributed by atoms with van der Waals surface area (Å²) in [5.41, 5.74) is 2.31. The second-order valence-electron chi connectivity index (χ2n) is 6.59. The highest BCUT2D eigenvalue weighted by molar-refractivity contribution is 7.14. The molecule has 1 atom stereocenters. The maximum atomic E-state index is 12.5. The molecular formula is C20H26ClN3O2S. The van der Waals surface area contributed by atoms with Gasteiger partial charge in [-0.15, -0.1) is 23.7 Å². The van der Waals surface area contributed by atoms with Crippen molar-refractivity contribution in [1.82, 2.24) is 10.6 Å². The van der Waals surface area contributed by atoms with Crippen LogP contribution < -0.4 is 16.0 Å². The van der Waals surface area contributed by atoms with E-state index in [1.807, 2.05) is 29.6 Å². The molecule has 3 rings (SSSR count). The van der Waals surface area contributed by atoms with Crippen molar-refractivity contribution >= 4 is 40.6 Å². The Morgan fingerprint density at radius 1 is 1.19 bits per heavy atom. The number of carbonyl (C=O) groups is 2. The molecule has 1 aromatic carbocycles. The molecule has 146 valence electrons. The molecule has 1 aliphatic heterocycles. The summed E-state index contributed by atoms with van der Waals surface area (Å²) < 4.78 is 0. The number of nitrogens with one attached hydrogen (secondary N) is 3. The Morgan fingerprint density at radius 3 is 2.63 bits per heavy atom. The molecule has 2 aromatic rings. The third-order valence-corrected chi connectivity index (χ3v) is 5.54. The predicted octanol–water partition coefficient (Wildman–Crippen LogP) is 3.71. The standard InChI is InChI=1S/C20H25N3O2S.ClH/c1-2-14-5-7-16(8-6-14)18(24)23-20-17(9-11-26-20)19(25)22-13-15-4-3-10-21-12-15;/h5-9,11,15,21H,2-4,10,12-13H2,1H3,(H,22,25)(H,23,24);1H. The summed E-state index contributed by atoms with van der Waals surface area (Å²) in [5.74, 6) is 0.149. The Bertz CT molecular complexity index is 755. The number of aryl methyl sites for hydroxylation is 1. The van der Waals surface area contributed by atoms with Crippen molar-refractivity contribution in [2.24, 2.45) is 5.92 Å². The zero-order valence-corrected chi connectivity index (χ0v) is 17.1. The minimum absolute atomic E-state index is 0. The lowest BCUT2D eigenvalue weighted by Gasteiger charge is -2.22. The zero-order chi connectivity index (χ0) is 18.4. The first-order valence-corrected chi connectivity index (χ1v) is 10.0. The lowest BCUT2D eigenvalue weighted by molar-refractivity contribution is 0.0946. The lowest BCUT2D eigenvalue weighted by Crippen LogP contribution is -2.38. The molecule has 0 spiro atoms. The summed E-state index contributed by atoms with van der Waals surface area (Å²) in [7, 11) is 0. The van der Waals surface area contributed by atoms with E-state index in [1.165, 1.54) is 16.9 Å². The Labute approximate surface area is 170 Å². The maximum Gasteiger partial charge on any atom is 0.256 e. The number of hydrogen-bond donors (Lipinski definition) is 3. The molecule has 1 aliphatic rings. The fourth-order valence-corrected chi connectivity index (χ4v) is 3.86. The Morgan fingerprint density at radius 2 is 1.96 bits per heavy atom. The smallest absolute Gasteiger partial charge is 0.256 e. The van der Waals surface area contributed by atoms with Crippen molar-refractivity contribution in [3.63, 3.8) is 0 Å². The number of benzene rings is 1. The first-order chi connectivity index (χ1) is 12.7. The van der Waals surface area contributed by atoms with E-state index in [0.717, 1.165) is 32.4 Å². The summed E-state index contributed by atoms with van der Waals surface area (Å²) in [6, 6.07) is 9.30. The van der Waals surface area contributed by atoms with Crippen LogP contribution in [0.25, 0.3) is 0 Å². The quantitative estimate of drug-likeness (QED) is 0.683. The van der Waals surface area contributed by atoms with E-state index in [-0.39, 0.29) is 24.2 Å². The van der Waals surface area contributed by atoms with E-state index in [1.54, 1.807) is 6.07 Å². The Kier molecular flexibility index (Phi) is 8.28. The second-order valence-corrected chi connectivity index (χ2v) is 7.51. The summed E-state index contributed by atoms with van der Waals surface area (Å²) in [5, 5.41) is 11.6. The van der Waals surface area contributed by atoms with Crippen molar-refractivity contribution in [3.8, 4) is 0 Å². The van der Waals surface area contributed by atoms with E-state index in [2.05, 4.69) is 22.9 Å². The number of halogens is 1. The predicted molar refractivity (Wildman–Crippen MR) is 113 cm³/mol. The van der Waals surface area contributed by atoms with Crippen LogP contribution in [0, 0.1) is 5.92 Å². The molecule has 0 aliphatic carbocycles. The van der Waals surface area contributed by atoms with Crippen LogP contribution in [0.5, 0.6) is 0 Å². The molecule has 0 radical (unpaired) electrons.